The molecule has 0 unspecified atom stereocenters. The number of nitrogens with one attached hydrogen (secondary N) is 1. The molecule has 1 heterocycles. The molecule has 1 atom stereocenters. The second kappa shape index (κ2) is 12.9. The lowest BCUT2D eigenvalue weighted by molar-refractivity contribution is -0.274. The van der Waals surface area contributed by atoms with Crippen molar-refractivity contribution >= 4 is 28.6 Å². The summed E-state index contributed by atoms with van der Waals surface area (Å²) in [5, 5.41) is 11.5. The summed E-state index contributed by atoms with van der Waals surface area (Å²) in [7, 11) is 0. The molecule has 1 aromatic heterocycles. The van der Waals surface area contributed by atoms with Crippen molar-refractivity contribution in [1.29, 1.82) is 0 Å². The van der Waals surface area contributed by atoms with E-state index in [-0.39, 0.29) is 41.9 Å². The van der Waals surface area contributed by atoms with E-state index < -0.39 is 41.6 Å². The molecule has 0 saturated heterocycles. The average molecular weight is 647 g/mol. The van der Waals surface area contributed by atoms with Gasteiger partial charge >= 0.3 is 18.5 Å². The quantitative estimate of drug-likeness (QED) is 0.122. The van der Waals surface area contributed by atoms with Gasteiger partial charge in [-0.25, -0.2) is 0 Å². The summed E-state index contributed by atoms with van der Waals surface area (Å²) in [5.41, 5.74) is 0.768. The van der Waals surface area contributed by atoms with Gasteiger partial charge in [0.25, 0.3) is 5.91 Å². The Labute approximate surface area is 258 Å². The molecule has 0 radical (unpaired) electrons. The fourth-order valence-corrected chi connectivity index (χ4v) is 5.36. The smallest absolute Gasteiger partial charge is 0.481 e. The SMILES string of the molecule is O=C(O)CCNC(=O)c1ccc(C[C@H](CC2CC2)C(=O)c2cc3cc(OC(F)(F)F)ccc3n2-c2ccc(C(F)(F)F)cc2)cc1. The summed E-state index contributed by atoms with van der Waals surface area (Å²) >= 11 is 0. The first-order valence-corrected chi connectivity index (χ1v) is 14.4. The third-order valence-electron chi connectivity index (χ3n) is 7.72. The van der Waals surface area contributed by atoms with Crippen molar-refractivity contribution in [2.24, 2.45) is 11.8 Å². The van der Waals surface area contributed by atoms with Crippen molar-refractivity contribution in [3.63, 3.8) is 0 Å². The maximum atomic E-state index is 14.2. The number of hydrogen-bond acceptors (Lipinski definition) is 4. The number of Topliss-reactive ketones (excluding diaryl/α,β-unsaturated/α-hetero) is 1. The second-order valence-corrected chi connectivity index (χ2v) is 11.2. The van der Waals surface area contributed by atoms with Gasteiger partial charge in [-0.05, 0) is 85.0 Å². The number of aromatic nitrogens is 1. The van der Waals surface area contributed by atoms with Gasteiger partial charge in [-0.1, -0.05) is 25.0 Å². The van der Waals surface area contributed by atoms with Crippen LogP contribution in [0.4, 0.5) is 26.3 Å². The van der Waals surface area contributed by atoms with E-state index in [0.29, 0.717) is 23.4 Å². The fourth-order valence-electron chi connectivity index (χ4n) is 5.36. The number of halogens is 6. The van der Waals surface area contributed by atoms with Crippen LogP contribution in [-0.2, 0) is 17.4 Å². The number of hydrogen-bond donors (Lipinski definition) is 2. The summed E-state index contributed by atoms with van der Waals surface area (Å²) in [4.78, 5) is 37.3. The number of carbonyl (C=O) groups is 3. The number of benzene rings is 3. The Morgan fingerprint density at radius 3 is 2.17 bits per heavy atom. The first-order valence-electron chi connectivity index (χ1n) is 14.4. The van der Waals surface area contributed by atoms with Gasteiger partial charge in [0.05, 0.1) is 23.2 Å². The highest BCUT2D eigenvalue weighted by atomic mass is 19.4. The standard InChI is InChI=1S/C33H28F6N2O5/c34-32(35,36)24-7-9-25(10-8-24)41-27-12-11-26(46-33(37,38)39)17-22(27)18-28(41)30(44)23(15-19-1-2-19)16-20-3-5-21(6-4-20)31(45)40-14-13-29(42)43/h3-12,17-19,23H,1-2,13-16H2,(H,40,45)(H,42,43)/t23-/m0/s1. The van der Waals surface area contributed by atoms with E-state index in [4.69, 9.17) is 5.11 Å². The Morgan fingerprint density at radius 1 is 0.913 bits per heavy atom. The average Bonchev–Trinajstić information content (AvgIpc) is 3.72. The molecule has 0 bridgehead atoms. The van der Waals surface area contributed by atoms with Crippen molar-refractivity contribution in [2.45, 2.75) is 44.6 Å². The van der Waals surface area contributed by atoms with Gasteiger partial charge in [0.2, 0.25) is 0 Å². The highest BCUT2D eigenvalue weighted by Gasteiger charge is 2.34. The van der Waals surface area contributed by atoms with E-state index in [1.807, 2.05) is 0 Å². The number of carboxylic acid groups (broad SMARTS) is 1. The Kier molecular flexibility index (Phi) is 9.13. The van der Waals surface area contributed by atoms with Crippen LogP contribution in [0.1, 0.15) is 57.7 Å². The molecule has 0 spiro atoms. The van der Waals surface area contributed by atoms with Crippen LogP contribution in [0, 0.1) is 11.8 Å². The molecule has 1 fully saturated rings. The molecular formula is C33H28F6N2O5. The van der Waals surface area contributed by atoms with Crippen molar-refractivity contribution in [2.75, 3.05) is 6.54 Å². The number of carboxylic acids is 1. The molecule has 5 rings (SSSR count). The van der Waals surface area contributed by atoms with E-state index >= 15 is 0 Å². The Hall–Kier alpha value is -4.81. The molecule has 7 nitrogen and oxygen atoms in total. The zero-order valence-electron chi connectivity index (χ0n) is 24.1. The van der Waals surface area contributed by atoms with Crippen molar-refractivity contribution < 1.29 is 50.6 Å². The zero-order valence-corrected chi connectivity index (χ0v) is 24.1. The molecule has 1 aliphatic carbocycles. The van der Waals surface area contributed by atoms with Crippen LogP contribution in [0.15, 0.2) is 72.8 Å². The number of ether oxygens (including phenoxy) is 1. The number of fused-ring (bicyclic) bond motifs is 1. The van der Waals surface area contributed by atoms with Crippen molar-refractivity contribution in [1.82, 2.24) is 9.88 Å². The lowest BCUT2D eigenvalue weighted by Crippen LogP contribution is -2.26. The van der Waals surface area contributed by atoms with Gasteiger partial charge in [0.1, 0.15) is 5.75 Å². The van der Waals surface area contributed by atoms with E-state index in [1.54, 1.807) is 24.3 Å². The zero-order chi connectivity index (χ0) is 33.2. The van der Waals surface area contributed by atoms with Crippen LogP contribution >= 0.6 is 0 Å². The van der Waals surface area contributed by atoms with Crippen molar-refractivity contribution in [3.8, 4) is 11.4 Å². The minimum Gasteiger partial charge on any atom is -0.481 e. The molecule has 242 valence electrons. The number of aliphatic carboxylic acids is 1. The highest BCUT2D eigenvalue weighted by molar-refractivity contribution is 6.03. The van der Waals surface area contributed by atoms with Crippen LogP contribution in [0.25, 0.3) is 16.6 Å². The summed E-state index contributed by atoms with van der Waals surface area (Å²) in [6.07, 6.45) is -7.12. The Bertz CT molecular complexity index is 1740. The number of carbonyl (C=O) groups excluding carboxylic acids is 2. The minimum absolute atomic E-state index is 0.0371. The van der Waals surface area contributed by atoms with Crippen LogP contribution in [-0.4, -0.2) is 40.2 Å². The summed E-state index contributed by atoms with van der Waals surface area (Å²) in [6.45, 7) is -0.0371. The molecule has 1 saturated carbocycles. The first kappa shape index (κ1) is 32.6. The highest BCUT2D eigenvalue weighted by Crippen LogP contribution is 2.39. The van der Waals surface area contributed by atoms with Crippen molar-refractivity contribution in [3.05, 3.63) is 95.2 Å². The van der Waals surface area contributed by atoms with E-state index in [0.717, 1.165) is 42.7 Å². The van der Waals surface area contributed by atoms with Gasteiger partial charge in [-0.3, -0.25) is 14.4 Å². The molecule has 2 N–H and O–H groups in total. The topological polar surface area (TPSA) is 97.6 Å². The van der Waals surface area contributed by atoms with Gasteiger partial charge in [-0.15, -0.1) is 13.2 Å². The summed E-state index contributed by atoms with van der Waals surface area (Å²) in [6, 6.07) is 15.6. The van der Waals surface area contributed by atoms with E-state index in [2.05, 4.69) is 10.1 Å². The molecule has 1 aliphatic rings. The number of amides is 1. The number of ketones is 1. The molecule has 3 aromatic carbocycles. The lowest BCUT2D eigenvalue weighted by Gasteiger charge is -2.18. The van der Waals surface area contributed by atoms with E-state index in [9.17, 15) is 40.7 Å². The fraction of sp³-hybridized carbons (Fsp3) is 0.303. The van der Waals surface area contributed by atoms with E-state index in [1.165, 1.54) is 28.8 Å². The normalized spacial score (nSPS) is 14.2. The molecular weight excluding hydrogens is 618 g/mol. The molecule has 13 heteroatoms. The van der Waals surface area contributed by atoms with Crippen LogP contribution in [0.5, 0.6) is 5.75 Å². The second-order valence-electron chi connectivity index (χ2n) is 11.2. The van der Waals surface area contributed by atoms with Gasteiger partial charge in [0, 0.05) is 29.1 Å². The molecule has 0 aliphatic heterocycles. The number of rotatable bonds is 12. The summed E-state index contributed by atoms with van der Waals surface area (Å²) < 4.78 is 84.1. The maximum Gasteiger partial charge on any atom is 0.573 e. The van der Waals surface area contributed by atoms with Gasteiger partial charge in [-0.2, -0.15) is 13.2 Å². The monoisotopic (exact) mass is 646 g/mol. The molecule has 46 heavy (non-hydrogen) atoms. The maximum absolute atomic E-state index is 14.2. The number of alkyl halides is 6. The van der Waals surface area contributed by atoms with Crippen LogP contribution < -0.4 is 10.1 Å². The predicted octanol–water partition coefficient (Wildman–Crippen LogP) is 7.59. The first-order chi connectivity index (χ1) is 21.7. The predicted molar refractivity (Wildman–Crippen MR) is 155 cm³/mol. The minimum atomic E-state index is -4.95. The Morgan fingerprint density at radius 2 is 1.59 bits per heavy atom. The third-order valence-corrected chi connectivity index (χ3v) is 7.72. The largest absolute Gasteiger partial charge is 0.573 e. The summed E-state index contributed by atoms with van der Waals surface area (Å²) in [5.74, 6) is -2.63. The Balaban J connectivity index is 1.48. The van der Waals surface area contributed by atoms with Crippen LogP contribution in [0.3, 0.4) is 0 Å². The lowest BCUT2D eigenvalue weighted by atomic mass is 9.88. The number of nitrogens with zero attached hydrogens (tertiary/aromatic N) is 1. The van der Waals surface area contributed by atoms with Gasteiger partial charge < -0.3 is 19.7 Å². The molecule has 1 amide bonds. The third kappa shape index (κ3) is 8.06. The van der Waals surface area contributed by atoms with Gasteiger partial charge in [0.15, 0.2) is 5.78 Å². The molecule has 4 aromatic rings. The van der Waals surface area contributed by atoms with Crippen LogP contribution in [0.2, 0.25) is 0 Å².